The van der Waals surface area contributed by atoms with Crippen molar-refractivity contribution < 1.29 is 9.50 Å². The third-order valence-corrected chi connectivity index (χ3v) is 3.89. The van der Waals surface area contributed by atoms with Gasteiger partial charge in [-0.25, -0.2) is 4.39 Å². The van der Waals surface area contributed by atoms with Crippen LogP contribution in [-0.2, 0) is 0 Å². The van der Waals surface area contributed by atoms with Gasteiger partial charge in [0.2, 0.25) is 0 Å². The van der Waals surface area contributed by atoms with Crippen LogP contribution in [0.2, 0.25) is 0 Å². The number of para-hydroxylation sites is 1. The zero-order chi connectivity index (χ0) is 13.3. The van der Waals surface area contributed by atoms with Crippen molar-refractivity contribution in [3.05, 3.63) is 29.6 Å². The molecule has 1 aliphatic heterocycles. The summed E-state index contributed by atoms with van der Waals surface area (Å²) in [6, 6.07) is 5.28. The van der Waals surface area contributed by atoms with Gasteiger partial charge in [0.15, 0.2) is 0 Å². The van der Waals surface area contributed by atoms with Crippen LogP contribution >= 0.6 is 0 Å². The highest BCUT2D eigenvalue weighted by atomic mass is 19.1. The van der Waals surface area contributed by atoms with Crippen molar-refractivity contribution in [3.8, 4) is 0 Å². The lowest BCUT2D eigenvalue weighted by Gasteiger charge is -2.39. The minimum absolute atomic E-state index is 0.227. The summed E-state index contributed by atoms with van der Waals surface area (Å²) in [5.41, 5.74) is 1.28. The number of aliphatic hydroxyl groups is 1. The summed E-state index contributed by atoms with van der Waals surface area (Å²) in [7, 11) is 0. The van der Waals surface area contributed by atoms with E-state index in [-0.39, 0.29) is 5.82 Å². The van der Waals surface area contributed by atoms with Gasteiger partial charge < -0.3 is 10.0 Å². The predicted octanol–water partition coefficient (Wildman–Crippen LogP) is 3.50. The molecule has 18 heavy (non-hydrogen) atoms. The van der Waals surface area contributed by atoms with Gasteiger partial charge in [-0.1, -0.05) is 19.1 Å². The summed E-state index contributed by atoms with van der Waals surface area (Å²) in [6.07, 6.45) is 1.52. The summed E-state index contributed by atoms with van der Waals surface area (Å²) >= 11 is 0. The van der Waals surface area contributed by atoms with E-state index in [9.17, 15) is 9.50 Å². The van der Waals surface area contributed by atoms with Crippen molar-refractivity contribution in [3.63, 3.8) is 0 Å². The number of aliphatic hydroxyl groups excluding tert-OH is 1. The molecule has 2 unspecified atom stereocenters. The molecular formula is C15H22FNO. The molecule has 3 atom stereocenters. The number of anilines is 1. The number of nitrogens with zero attached hydrogens (tertiary/aromatic N) is 1. The molecule has 0 bridgehead atoms. The molecule has 0 amide bonds. The van der Waals surface area contributed by atoms with E-state index < -0.39 is 6.10 Å². The molecule has 100 valence electrons. The number of rotatable bonds is 2. The van der Waals surface area contributed by atoms with E-state index in [0.717, 1.165) is 19.4 Å². The smallest absolute Gasteiger partial charge is 0.146 e. The molecule has 1 aromatic carbocycles. The van der Waals surface area contributed by atoms with Crippen LogP contribution in [0.25, 0.3) is 0 Å². The topological polar surface area (TPSA) is 23.5 Å². The lowest BCUT2D eigenvalue weighted by molar-refractivity contribution is 0.198. The molecule has 2 nitrogen and oxygen atoms in total. The number of benzene rings is 1. The highest BCUT2D eigenvalue weighted by Gasteiger charge is 2.27. The van der Waals surface area contributed by atoms with Crippen molar-refractivity contribution in [2.75, 3.05) is 11.4 Å². The first-order valence-electron chi connectivity index (χ1n) is 6.73. The van der Waals surface area contributed by atoms with E-state index >= 15 is 0 Å². The van der Waals surface area contributed by atoms with Gasteiger partial charge in [0.1, 0.15) is 5.82 Å². The normalized spacial score (nSPS) is 26.2. The number of piperidine rings is 1. The summed E-state index contributed by atoms with van der Waals surface area (Å²) in [5.74, 6) is 0.466. The highest BCUT2D eigenvalue weighted by molar-refractivity contribution is 5.56. The van der Waals surface area contributed by atoms with E-state index in [1.54, 1.807) is 13.0 Å². The maximum Gasteiger partial charge on any atom is 0.146 e. The number of hydrogen-bond acceptors (Lipinski definition) is 2. The Labute approximate surface area is 108 Å². The average molecular weight is 251 g/mol. The van der Waals surface area contributed by atoms with Crippen molar-refractivity contribution in [2.24, 2.45) is 5.92 Å². The zero-order valence-electron chi connectivity index (χ0n) is 11.4. The first-order valence-corrected chi connectivity index (χ1v) is 6.73. The van der Waals surface area contributed by atoms with E-state index in [2.05, 4.69) is 18.7 Å². The molecule has 0 saturated carbocycles. The highest BCUT2D eigenvalue weighted by Crippen LogP contribution is 2.34. The summed E-state index contributed by atoms with van der Waals surface area (Å²) in [4.78, 5) is 2.11. The fourth-order valence-corrected chi connectivity index (χ4v) is 2.91. The Balaban J connectivity index is 2.38. The standard InChI is InChI=1S/C15H22FNO/c1-10-7-8-17(11(2)9-10)15-13(12(3)18)5-4-6-14(15)16/h4-6,10-12,18H,7-9H2,1-3H3/t10?,11?,12-/m1/s1. The molecular weight excluding hydrogens is 229 g/mol. The molecule has 2 rings (SSSR count). The molecule has 0 radical (unpaired) electrons. The van der Waals surface area contributed by atoms with Crippen LogP contribution in [0.15, 0.2) is 18.2 Å². The zero-order valence-corrected chi connectivity index (χ0v) is 11.4. The van der Waals surface area contributed by atoms with E-state index in [1.165, 1.54) is 6.07 Å². The van der Waals surface area contributed by atoms with E-state index in [1.807, 2.05) is 6.07 Å². The van der Waals surface area contributed by atoms with Gasteiger partial charge in [0.05, 0.1) is 11.8 Å². The van der Waals surface area contributed by atoms with Gasteiger partial charge in [-0.2, -0.15) is 0 Å². The third kappa shape index (κ3) is 2.51. The van der Waals surface area contributed by atoms with Gasteiger partial charge in [-0.15, -0.1) is 0 Å². The van der Waals surface area contributed by atoms with Crippen molar-refractivity contribution in [1.82, 2.24) is 0 Å². The Hall–Kier alpha value is -1.09. The van der Waals surface area contributed by atoms with Crippen LogP contribution < -0.4 is 4.90 Å². The Kier molecular flexibility index (Phi) is 3.91. The first kappa shape index (κ1) is 13.3. The Morgan fingerprint density at radius 1 is 1.39 bits per heavy atom. The van der Waals surface area contributed by atoms with Crippen molar-refractivity contribution in [2.45, 2.75) is 45.8 Å². The Bertz CT molecular complexity index is 419. The van der Waals surface area contributed by atoms with Gasteiger partial charge in [-0.3, -0.25) is 0 Å². The first-order chi connectivity index (χ1) is 8.50. The van der Waals surface area contributed by atoms with Crippen molar-refractivity contribution in [1.29, 1.82) is 0 Å². The molecule has 3 heteroatoms. The molecule has 0 aliphatic carbocycles. The summed E-state index contributed by atoms with van der Waals surface area (Å²) in [6.45, 7) is 6.93. The van der Waals surface area contributed by atoms with Gasteiger partial charge in [0, 0.05) is 18.2 Å². The maximum atomic E-state index is 14.1. The third-order valence-electron chi connectivity index (χ3n) is 3.89. The number of hydrogen-bond donors (Lipinski definition) is 1. The molecule has 1 aliphatic rings. The molecule has 1 fully saturated rings. The van der Waals surface area contributed by atoms with Gasteiger partial charge >= 0.3 is 0 Å². The quantitative estimate of drug-likeness (QED) is 0.869. The van der Waals surface area contributed by atoms with E-state index in [0.29, 0.717) is 23.2 Å². The summed E-state index contributed by atoms with van der Waals surface area (Å²) < 4.78 is 14.1. The predicted molar refractivity (Wildman–Crippen MR) is 72.2 cm³/mol. The minimum atomic E-state index is -0.637. The molecule has 0 aromatic heterocycles. The lowest BCUT2D eigenvalue weighted by atomic mass is 9.92. The minimum Gasteiger partial charge on any atom is -0.389 e. The fourth-order valence-electron chi connectivity index (χ4n) is 2.91. The van der Waals surface area contributed by atoms with E-state index in [4.69, 9.17) is 0 Å². The molecule has 1 heterocycles. The Morgan fingerprint density at radius 3 is 2.72 bits per heavy atom. The number of halogens is 1. The van der Waals surface area contributed by atoms with Gasteiger partial charge in [0.25, 0.3) is 0 Å². The SMILES string of the molecule is CC1CCN(c2c(F)cccc2[C@@H](C)O)C(C)C1. The van der Waals surface area contributed by atoms with Gasteiger partial charge in [-0.05, 0) is 38.7 Å². The molecule has 1 aromatic rings. The monoisotopic (exact) mass is 251 g/mol. The fraction of sp³-hybridized carbons (Fsp3) is 0.600. The molecule has 0 spiro atoms. The largest absolute Gasteiger partial charge is 0.389 e. The average Bonchev–Trinajstić information content (AvgIpc) is 2.29. The van der Waals surface area contributed by atoms with Crippen molar-refractivity contribution >= 4 is 5.69 Å². The van der Waals surface area contributed by atoms with Crippen LogP contribution in [0, 0.1) is 11.7 Å². The second kappa shape index (κ2) is 5.27. The molecule has 1 N–H and O–H groups in total. The van der Waals surface area contributed by atoms with Crippen LogP contribution in [-0.4, -0.2) is 17.7 Å². The van der Waals surface area contributed by atoms with Crippen LogP contribution in [0.1, 0.15) is 45.3 Å². The Morgan fingerprint density at radius 2 is 2.11 bits per heavy atom. The van der Waals surface area contributed by atoms with Crippen LogP contribution in [0.3, 0.4) is 0 Å². The summed E-state index contributed by atoms with van der Waals surface area (Å²) in [5, 5.41) is 9.80. The second-order valence-electron chi connectivity index (χ2n) is 5.53. The maximum absolute atomic E-state index is 14.1. The lowest BCUT2D eigenvalue weighted by Crippen LogP contribution is -2.41. The molecule has 1 saturated heterocycles. The van der Waals surface area contributed by atoms with Crippen LogP contribution in [0.5, 0.6) is 0 Å². The van der Waals surface area contributed by atoms with Crippen LogP contribution in [0.4, 0.5) is 10.1 Å². The second-order valence-corrected chi connectivity index (χ2v) is 5.53.